The molecule has 2 aromatic rings. The molecule has 1 amide bonds. The third-order valence-corrected chi connectivity index (χ3v) is 3.88. The Kier molecular flexibility index (Phi) is 4.37. The summed E-state index contributed by atoms with van der Waals surface area (Å²) in [6.07, 6.45) is 0.713. The van der Waals surface area contributed by atoms with E-state index in [0.29, 0.717) is 12.3 Å². The molecule has 0 bridgehead atoms. The Morgan fingerprint density at radius 2 is 2.21 bits per heavy atom. The number of aromatic nitrogens is 1. The van der Waals surface area contributed by atoms with Gasteiger partial charge in [-0.05, 0) is 18.9 Å². The second kappa shape index (κ2) is 6.02. The monoisotopic (exact) mass is 322 g/mol. The second-order valence-corrected chi connectivity index (χ2v) is 5.36. The van der Waals surface area contributed by atoms with Crippen molar-refractivity contribution in [1.29, 1.82) is 0 Å². The van der Waals surface area contributed by atoms with Gasteiger partial charge in [0.2, 0.25) is 11.8 Å². The fraction of sp³-hybridized carbons (Fsp3) is 0.286. The second-order valence-electron chi connectivity index (χ2n) is 4.26. The lowest BCUT2D eigenvalue weighted by molar-refractivity contribution is -0.115. The van der Waals surface area contributed by atoms with Crippen LogP contribution in [0.4, 0.5) is 5.88 Å². The third kappa shape index (κ3) is 3.23. The zero-order valence-electron chi connectivity index (χ0n) is 10.8. The van der Waals surface area contributed by atoms with Crippen molar-refractivity contribution in [2.75, 3.05) is 5.32 Å². The number of amides is 1. The predicted octanol–water partition coefficient (Wildman–Crippen LogP) is 3.76. The van der Waals surface area contributed by atoms with E-state index in [1.54, 1.807) is 6.07 Å². The quantitative estimate of drug-likeness (QED) is 0.872. The van der Waals surface area contributed by atoms with Crippen molar-refractivity contribution in [3.8, 4) is 11.3 Å². The number of hydrogen-bond acceptors (Lipinski definition) is 3. The van der Waals surface area contributed by atoms with E-state index in [1.807, 2.05) is 38.1 Å². The maximum absolute atomic E-state index is 11.7. The number of alkyl halides is 1. The van der Waals surface area contributed by atoms with Crippen LogP contribution in [0.3, 0.4) is 0 Å². The molecular formula is C14H15BrN2O2. The van der Waals surface area contributed by atoms with Crippen LogP contribution in [0.1, 0.15) is 18.9 Å². The number of benzene rings is 1. The van der Waals surface area contributed by atoms with E-state index in [1.165, 1.54) is 0 Å². The molecule has 1 aromatic carbocycles. The van der Waals surface area contributed by atoms with E-state index in [9.17, 15) is 4.79 Å². The van der Waals surface area contributed by atoms with E-state index in [2.05, 4.69) is 26.4 Å². The molecule has 19 heavy (non-hydrogen) atoms. The Morgan fingerprint density at radius 3 is 2.89 bits per heavy atom. The van der Waals surface area contributed by atoms with Crippen molar-refractivity contribution >= 4 is 27.7 Å². The zero-order chi connectivity index (χ0) is 13.8. The molecule has 1 atom stereocenters. The first kappa shape index (κ1) is 13.8. The topological polar surface area (TPSA) is 55.1 Å². The van der Waals surface area contributed by atoms with Crippen LogP contribution in [0.25, 0.3) is 11.3 Å². The fourth-order valence-corrected chi connectivity index (χ4v) is 1.82. The van der Waals surface area contributed by atoms with Crippen molar-refractivity contribution in [2.45, 2.75) is 25.1 Å². The molecule has 5 heteroatoms. The van der Waals surface area contributed by atoms with Crippen LogP contribution in [-0.4, -0.2) is 15.9 Å². The first-order chi connectivity index (χ1) is 9.11. The SMILES string of the molecule is CCC(Br)C(=O)Nc1cc(-c2ccccc2C)no1. The summed E-state index contributed by atoms with van der Waals surface area (Å²) in [7, 11) is 0. The Balaban J connectivity index is 2.16. The highest BCUT2D eigenvalue weighted by Crippen LogP contribution is 2.24. The van der Waals surface area contributed by atoms with Gasteiger partial charge in [-0.3, -0.25) is 10.1 Å². The number of nitrogens with zero attached hydrogens (tertiary/aromatic N) is 1. The van der Waals surface area contributed by atoms with Crippen molar-refractivity contribution in [3.63, 3.8) is 0 Å². The Morgan fingerprint density at radius 1 is 1.47 bits per heavy atom. The van der Waals surface area contributed by atoms with Crippen molar-refractivity contribution in [1.82, 2.24) is 5.16 Å². The molecule has 0 fully saturated rings. The minimum atomic E-state index is -0.223. The molecule has 0 aliphatic rings. The highest BCUT2D eigenvalue weighted by Gasteiger charge is 2.15. The lowest BCUT2D eigenvalue weighted by atomic mass is 10.1. The fourth-order valence-electron chi connectivity index (χ4n) is 1.71. The number of anilines is 1. The smallest absolute Gasteiger partial charge is 0.240 e. The summed E-state index contributed by atoms with van der Waals surface area (Å²) >= 11 is 3.29. The van der Waals surface area contributed by atoms with Gasteiger partial charge >= 0.3 is 0 Å². The summed E-state index contributed by atoms with van der Waals surface area (Å²) < 4.78 is 5.14. The van der Waals surface area contributed by atoms with Gasteiger partial charge in [0.1, 0.15) is 5.69 Å². The maximum Gasteiger partial charge on any atom is 0.240 e. The highest BCUT2D eigenvalue weighted by molar-refractivity contribution is 9.10. The van der Waals surface area contributed by atoms with Crippen LogP contribution in [0, 0.1) is 6.92 Å². The van der Waals surface area contributed by atoms with Crippen LogP contribution < -0.4 is 5.32 Å². The molecular weight excluding hydrogens is 308 g/mol. The minimum Gasteiger partial charge on any atom is -0.338 e. The zero-order valence-corrected chi connectivity index (χ0v) is 12.4. The van der Waals surface area contributed by atoms with E-state index in [-0.39, 0.29) is 10.7 Å². The van der Waals surface area contributed by atoms with Gasteiger partial charge < -0.3 is 4.52 Å². The number of hydrogen-bond donors (Lipinski definition) is 1. The number of halogens is 1. The molecule has 1 N–H and O–H groups in total. The van der Waals surface area contributed by atoms with Crippen molar-refractivity contribution in [3.05, 3.63) is 35.9 Å². The molecule has 0 radical (unpaired) electrons. The van der Waals surface area contributed by atoms with Gasteiger partial charge in [0.25, 0.3) is 0 Å². The number of nitrogens with one attached hydrogen (secondary N) is 1. The van der Waals surface area contributed by atoms with Crippen LogP contribution in [-0.2, 0) is 4.79 Å². The van der Waals surface area contributed by atoms with E-state index < -0.39 is 0 Å². The van der Waals surface area contributed by atoms with Crippen molar-refractivity contribution < 1.29 is 9.32 Å². The average Bonchev–Trinajstić information content (AvgIpc) is 2.86. The van der Waals surface area contributed by atoms with Gasteiger partial charge in [-0.25, -0.2) is 0 Å². The molecule has 1 heterocycles. The molecule has 0 aliphatic heterocycles. The predicted molar refractivity (Wildman–Crippen MR) is 78.3 cm³/mol. The summed E-state index contributed by atoms with van der Waals surface area (Å²) in [5, 5.41) is 6.67. The first-order valence-electron chi connectivity index (χ1n) is 6.09. The molecule has 0 saturated heterocycles. The minimum absolute atomic E-state index is 0.130. The summed E-state index contributed by atoms with van der Waals surface area (Å²) in [5.74, 6) is 0.233. The van der Waals surface area contributed by atoms with Crippen molar-refractivity contribution in [2.24, 2.45) is 0 Å². The number of aryl methyl sites for hydroxylation is 1. The van der Waals surface area contributed by atoms with Gasteiger partial charge in [0.15, 0.2) is 0 Å². The first-order valence-corrected chi connectivity index (χ1v) is 7.01. The highest BCUT2D eigenvalue weighted by atomic mass is 79.9. The Bertz CT molecular complexity index is 580. The van der Waals surface area contributed by atoms with Crippen LogP contribution in [0.5, 0.6) is 0 Å². The molecule has 2 rings (SSSR count). The van der Waals surface area contributed by atoms with Crippen LogP contribution >= 0.6 is 15.9 Å². The van der Waals surface area contributed by atoms with Gasteiger partial charge in [-0.2, -0.15) is 0 Å². The number of carbonyl (C=O) groups excluding carboxylic acids is 1. The summed E-state index contributed by atoms with van der Waals surface area (Å²) in [6, 6.07) is 9.63. The number of carbonyl (C=O) groups is 1. The van der Waals surface area contributed by atoms with E-state index in [0.717, 1.165) is 16.8 Å². The van der Waals surface area contributed by atoms with E-state index in [4.69, 9.17) is 4.52 Å². The lowest BCUT2D eigenvalue weighted by Gasteiger charge is -2.04. The Labute approximate surface area is 120 Å². The summed E-state index contributed by atoms with van der Waals surface area (Å²) in [4.78, 5) is 11.5. The molecule has 0 saturated carbocycles. The van der Waals surface area contributed by atoms with Gasteiger partial charge in [-0.1, -0.05) is 52.3 Å². The third-order valence-electron chi connectivity index (χ3n) is 2.82. The van der Waals surface area contributed by atoms with E-state index >= 15 is 0 Å². The summed E-state index contributed by atoms with van der Waals surface area (Å²) in [6.45, 7) is 3.94. The van der Waals surface area contributed by atoms with Gasteiger partial charge in [0, 0.05) is 11.6 Å². The molecule has 1 aromatic heterocycles. The molecule has 0 aliphatic carbocycles. The van der Waals surface area contributed by atoms with Crippen LogP contribution in [0.15, 0.2) is 34.9 Å². The van der Waals surface area contributed by atoms with Crippen LogP contribution in [0.2, 0.25) is 0 Å². The summed E-state index contributed by atoms with van der Waals surface area (Å²) in [5.41, 5.74) is 2.83. The molecule has 100 valence electrons. The normalized spacial score (nSPS) is 12.2. The standard InChI is InChI=1S/C14H15BrN2O2/c1-3-11(15)14(18)16-13-8-12(17-19-13)10-7-5-4-6-9(10)2/h4-8,11H,3H2,1-2H3,(H,16,18). The molecule has 4 nitrogen and oxygen atoms in total. The Hall–Kier alpha value is -1.62. The largest absolute Gasteiger partial charge is 0.338 e. The maximum atomic E-state index is 11.7. The average molecular weight is 323 g/mol. The van der Waals surface area contributed by atoms with Gasteiger partial charge in [0.05, 0.1) is 4.83 Å². The molecule has 1 unspecified atom stereocenters. The molecule has 0 spiro atoms. The van der Waals surface area contributed by atoms with Gasteiger partial charge in [-0.15, -0.1) is 0 Å². The lowest BCUT2D eigenvalue weighted by Crippen LogP contribution is -2.21. The number of rotatable bonds is 4.